The van der Waals surface area contributed by atoms with Crippen molar-refractivity contribution in [1.29, 1.82) is 0 Å². The number of rotatable bonds is 7. The highest BCUT2D eigenvalue weighted by Crippen LogP contribution is 2.36. The van der Waals surface area contributed by atoms with Crippen LogP contribution in [0.5, 0.6) is 0 Å². The molecule has 3 aromatic heterocycles. The second-order valence-electron chi connectivity index (χ2n) is 12.3. The number of hydrogen-bond donors (Lipinski definition) is 2. The van der Waals surface area contributed by atoms with Crippen LogP contribution in [0.4, 0.5) is 15.8 Å². The van der Waals surface area contributed by atoms with E-state index in [-0.39, 0.29) is 29.8 Å². The molecule has 0 unspecified atom stereocenters. The SMILES string of the molecule is O=C(Nc1ccc2[nH]nc(-c3ccncc3)c2c1)[C@@H]1CCN(CC(=O)N2C[C@H]3C[C@H]2CN3c2ccc(-c3ncc(F)cn3)cc2)C1. The molecular formula is C34H32FN9O2. The average molecular weight is 618 g/mol. The van der Waals surface area contributed by atoms with Crippen LogP contribution in [0.3, 0.4) is 0 Å². The molecule has 2 aromatic carbocycles. The minimum Gasteiger partial charge on any atom is -0.365 e. The lowest BCUT2D eigenvalue weighted by Gasteiger charge is -2.36. The van der Waals surface area contributed by atoms with Gasteiger partial charge in [-0.1, -0.05) is 0 Å². The summed E-state index contributed by atoms with van der Waals surface area (Å²) in [5.41, 5.74) is 5.31. The molecule has 5 aromatic rings. The molecule has 3 saturated heterocycles. The molecule has 3 aliphatic heterocycles. The Morgan fingerprint density at radius 3 is 2.50 bits per heavy atom. The number of fused-ring (bicyclic) bond motifs is 3. The lowest BCUT2D eigenvalue weighted by Crippen LogP contribution is -2.51. The average Bonchev–Trinajstić information content (AvgIpc) is 3.90. The van der Waals surface area contributed by atoms with Crippen molar-refractivity contribution < 1.29 is 14.0 Å². The molecule has 0 spiro atoms. The molecular weight excluding hydrogens is 585 g/mol. The van der Waals surface area contributed by atoms with Gasteiger partial charge in [-0.15, -0.1) is 0 Å². The predicted octanol–water partition coefficient (Wildman–Crippen LogP) is 3.97. The van der Waals surface area contributed by atoms with Crippen LogP contribution in [-0.2, 0) is 9.59 Å². The number of amides is 2. The van der Waals surface area contributed by atoms with Crippen molar-refractivity contribution in [3.8, 4) is 22.6 Å². The van der Waals surface area contributed by atoms with Crippen LogP contribution in [0, 0.1) is 11.7 Å². The van der Waals surface area contributed by atoms with Gasteiger partial charge in [0.25, 0.3) is 0 Å². The molecule has 11 nitrogen and oxygen atoms in total. The molecule has 8 rings (SSSR count). The van der Waals surface area contributed by atoms with E-state index in [0.717, 1.165) is 58.6 Å². The van der Waals surface area contributed by atoms with Crippen LogP contribution >= 0.6 is 0 Å². The third kappa shape index (κ3) is 5.34. The van der Waals surface area contributed by atoms with E-state index in [1.165, 1.54) is 12.4 Å². The number of carbonyl (C=O) groups excluding carboxylic acids is 2. The van der Waals surface area contributed by atoms with Crippen LogP contribution in [0.15, 0.2) is 79.4 Å². The van der Waals surface area contributed by atoms with E-state index in [9.17, 15) is 14.0 Å². The van der Waals surface area contributed by atoms with Crippen molar-refractivity contribution in [2.75, 3.05) is 42.9 Å². The van der Waals surface area contributed by atoms with E-state index in [2.05, 4.69) is 40.3 Å². The van der Waals surface area contributed by atoms with Crippen molar-refractivity contribution in [3.63, 3.8) is 0 Å². The minimum atomic E-state index is -0.459. The smallest absolute Gasteiger partial charge is 0.237 e. The highest BCUT2D eigenvalue weighted by atomic mass is 19.1. The van der Waals surface area contributed by atoms with Gasteiger partial charge >= 0.3 is 0 Å². The number of H-pyrrole nitrogens is 1. The molecule has 6 heterocycles. The van der Waals surface area contributed by atoms with Crippen LogP contribution < -0.4 is 10.2 Å². The molecule has 232 valence electrons. The molecule has 2 N–H and O–H groups in total. The van der Waals surface area contributed by atoms with Crippen LogP contribution in [0.2, 0.25) is 0 Å². The Morgan fingerprint density at radius 2 is 1.74 bits per heavy atom. The zero-order chi connectivity index (χ0) is 31.2. The Labute approximate surface area is 264 Å². The number of aromatic amines is 1. The molecule has 46 heavy (non-hydrogen) atoms. The molecule has 0 saturated carbocycles. The lowest BCUT2D eigenvalue weighted by atomic mass is 10.1. The summed E-state index contributed by atoms with van der Waals surface area (Å²) in [6.07, 6.45) is 7.46. The van der Waals surface area contributed by atoms with Crippen LogP contribution in [-0.4, -0.2) is 91.6 Å². The molecule has 3 atom stereocenters. The van der Waals surface area contributed by atoms with E-state index in [4.69, 9.17) is 0 Å². The van der Waals surface area contributed by atoms with Crippen molar-refractivity contribution in [2.45, 2.75) is 24.9 Å². The van der Waals surface area contributed by atoms with Gasteiger partial charge in [0.1, 0.15) is 5.69 Å². The number of nitrogens with one attached hydrogen (secondary N) is 2. The van der Waals surface area contributed by atoms with E-state index in [1.54, 1.807) is 12.4 Å². The Balaban J connectivity index is 0.846. The van der Waals surface area contributed by atoms with Crippen LogP contribution in [0.25, 0.3) is 33.5 Å². The highest BCUT2D eigenvalue weighted by Gasteiger charge is 2.45. The summed E-state index contributed by atoms with van der Waals surface area (Å²) in [5, 5.41) is 11.5. The summed E-state index contributed by atoms with van der Waals surface area (Å²) in [7, 11) is 0. The van der Waals surface area contributed by atoms with Crippen molar-refractivity contribution in [2.24, 2.45) is 5.92 Å². The minimum absolute atomic E-state index is 0.0314. The van der Waals surface area contributed by atoms with Crippen LogP contribution in [0.1, 0.15) is 12.8 Å². The molecule has 2 amide bonds. The van der Waals surface area contributed by atoms with Gasteiger partial charge in [0, 0.05) is 66.0 Å². The molecule has 2 bridgehead atoms. The number of halogens is 1. The molecule has 12 heteroatoms. The summed E-state index contributed by atoms with van der Waals surface area (Å²) in [6, 6.07) is 18.0. The van der Waals surface area contributed by atoms with Gasteiger partial charge in [-0.2, -0.15) is 5.10 Å². The molecule has 0 aliphatic carbocycles. The lowest BCUT2D eigenvalue weighted by molar-refractivity contribution is -0.133. The van der Waals surface area contributed by atoms with E-state index >= 15 is 0 Å². The first-order valence-electron chi connectivity index (χ1n) is 15.5. The fraction of sp³-hybridized carbons (Fsp3) is 0.294. The summed E-state index contributed by atoms with van der Waals surface area (Å²) in [5.74, 6) is -0.0528. The van der Waals surface area contributed by atoms with Gasteiger partial charge < -0.3 is 15.1 Å². The summed E-state index contributed by atoms with van der Waals surface area (Å²) < 4.78 is 13.2. The third-order valence-corrected chi connectivity index (χ3v) is 9.42. The quantitative estimate of drug-likeness (QED) is 0.281. The number of likely N-dealkylation sites (tertiary alicyclic amines) is 2. The number of aromatic nitrogens is 5. The fourth-order valence-electron chi connectivity index (χ4n) is 7.09. The maximum absolute atomic E-state index is 13.4. The first kappa shape index (κ1) is 28.3. The predicted molar refractivity (Wildman–Crippen MR) is 171 cm³/mol. The van der Waals surface area contributed by atoms with Gasteiger partial charge in [0.15, 0.2) is 11.6 Å². The Hall–Kier alpha value is -5.23. The fourth-order valence-corrected chi connectivity index (χ4v) is 7.09. The van der Waals surface area contributed by atoms with Gasteiger partial charge in [-0.25, -0.2) is 14.4 Å². The zero-order valence-corrected chi connectivity index (χ0v) is 25.0. The van der Waals surface area contributed by atoms with Gasteiger partial charge in [0.2, 0.25) is 11.8 Å². The number of hydrogen-bond acceptors (Lipinski definition) is 8. The molecule has 3 aliphatic rings. The standard InChI is InChI=1S/C34H32FN9O2/c35-24-15-37-33(38-16-24)22-1-4-26(5-2-22)43-18-28-14-27(43)19-44(28)31(45)20-42-12-9-23(17-42)34(46)39-25-3-6-30-29(13-25)32(41-40-30)21-7-10-36-11-8-21/h1-8,10-11,13,15-16,23,27-28H,9,12,14,17-20H2,(H,39,46)(H,40,41)/t23-,27-,28+/m1/s1. The molecule has 0 radical (unpaired) electrons. The third-order valence-electron chi connectivity index (χ3n) is 9.42. The second kappa shape index (κ2) is 11.6. The van der Waals surface area contributed by atoms with Crippen molar-refractivity contribution in [1.82, 2.24) is 34.9 Å². The van der Waals surface area contributed by atoms with E-state index in [0.29, 0.717) is 31.9 Å². The largest absolute Gasteiger partial charge is 0.365 e. The highest BCUT2D eigenvalue weighted by molar-refractivity contribution is 5.99. The number of nitrogens with zero attached hydrogens (tertiary/aromatic N) is 7. The summed E-state index contributed by atoms with van der Waals surface area (Å²) in [4.78, 5) is 45.3. The topological polar surface area (TPSA) is 123 Å². The Bertz CT molecular complexity index is 1900. The van der Waals surface area contributed by atoms with Gasteiger partial charge in [-0.3, -0.25) is 24.6 Å². The summed E-state index contributed by atoms with van der Waals surface area (Å²) in [6.45, 7) is 3.09. The first-order chi connectivity index (χ1) is 22.5. The monoisotopic (exact) mass is 617 g/mol. The second-order valence-corrected chi connectivity index (χ2v) is 12.3. The van der Waals surface area contributed by atoms with Gasteiger partial charge in [-0.05, 0) is 74.0 Å². The summed E-state index contributed by atoms with van der Waals surface area (Å²) >= 11 is 0. The normalized spacial score (nSPS) is 20.9. The number of carbonyl (C=O) groups is 2. The van der Waals surface area contributed by atoms with E-state index in [1.807, 2.05) is 59.5 Å². The zero-order valence-electron chi connectivity index (χ0n) is 25.0. The maximum atomic E-state index is 13.4. The number of benzene rings is 2. The number of piperazine rings is 1. The molecule has 3 fully saturated rings. The van der Waals surface area contributed by atoms with E-state index < -0.39 is 5.82 Å². The van der Waals surface area contributed by atoms with Crippen molar-refractivity contribution >= 4 is 34.1 Å². The van der Waals surface area contributed by atoms with Gasteiger partial charge in [0.05, 0.1) is 36.4 Å². The van der Waals surface area contributed by atoms with Crippen molar-refractivity contribution in [3.05, 3.63) is 85.2 Å². The Morgan fingerprint density at radius 1 is 0.935 bits per heavy atom. The first-order valence-corrected chi connectivity index (χ1v) is 15.5. The Kier molecular flexibility index (Phi) is 7.13. The number of pyridine rings is 1. The number of anilines is 2. The maximum Gasteiger partial charge on any atom is 0.237 e.